The molecule has 2 heterocycles. The van der Waals surface area contributed by atoms with Gasteiger partial charge in [-0.1, -0.05) is 6.07 Å². The molecule has 1 aromatic heterocycles. The van der Waals surface area contributed by atoms with Gasteiger partial charge in [0.05, 0.1) is 12.8 Å². The molecule has 25 heavy (non-hydrogen) atoms. The van der Waals surface area contributed by atoms with E-state index in [4.69, 9.17) is 0 Å². The molecule has 142 valence electrons. The standard InChI is InChI=1S/C14H23N3O5S3/c1-15(25(21,22)14-5-4-10-23-14)11-13(18)17-8-6-12(7-9-17)16(2)24(3,19)20/h4-5,10,12H,6-9,11H2,1-3H3. The van der Waals surface area contributed by atoms with Crippen LogP contribution in [0, 0.1) is 0 Å². The number of amides is 1. The molecule has 1 saturated heterocycles. The summed E-state index contributed by atoms with van der Waals surface area (Å²) in [4.78, 5) is 14.0. The zero-order valence-corrected chi connectivity index (χ0v) is 16.9. The molecule has 2 rings (SSSR count). The van der Waals surface area contributed by atoms with Gasteiger partial charge in [-0.15, -0.1) is 11.3 Å². The van der Waals surface area contributed by atoms with Crippen LogP contribution >= 0.6 is 11.3 Å². The molecule has 1 fully saturated rings. The normalized spacial score (nSPS) is 17.4. The monoisotopic (exact) mass is 409 g/mol. The van der Waals surface area contributed by atoms with Gasteiger partial charge in [0.2, 0.25) is 15.9 Å². The first-order chi connectivity index (χ1) is 11.5. The molecule has 0 aliphatic carbocycles. The quantitative estimate of drug-likeness (QED) is 0.671. The lowest BCUT2D eigenvalue weighted by Gasteiger charge is -2.36. The highest BCUT2D eigenvalue weighted by molar-refractivity contribution is 7.91. The van der Waals surface area contributed by atoms with Gasteiger partial charge < -0.3 is 4.90 Å². The van der Waals surface area contributed by atoms with Crippen LogP contribution in [0.5, 0.6) is 0 Å². The maximum absolute atomic E-state index is 12.4. The third-order valence-corrected chi connectivity index (χ3v) is 8.89. The van der Waals surface area contributed by atoms with Crippen molar-refractivity contribution < 1.29 is 21.6 Å². The Labute approximate surface area is 153 Å². The molecule has 1 aliphatic rings. The Kier molecular flexibility index (Phi) is 6.26. The smallest absolute Gasteiger partial charge is 0.252 e. The Hall–Kier alpha value is -1.01. The number of nitrogens with zero attached hydrogens (tertiary/aromatic N) is 3. The van der Waals surface area contributed by atoms with E-state index in [9.17, 15) is 21.6 Å². The van der Waals surface area contributed by atoms with E-state index in [2.05, 4.69) is 0 Å². The number of likely N-dealkylation sites (tertiary alicyclic amines) is 1. The van der Waals surface area contributed by atoms with E-state index in [1.807, 2.05) is 0 Å². The van der Waals surface area contributed by atoms with Gasteiger partial charge in [0.1, 0.15) is 4.21 Å². The van der Waals surface area contributed by atoms with Crippen molar-refractivity contribution in [2.75, 3.05) is 40.0 Å². The third kappa shape index (κ3) is 4.79. The maximum atomic E-state index is 12.4. The molecule has 8 nitrogen and oxygen atoms in total. The molecule has 0 unspecified atom stereocenters. The summed E-state index contributed by atoms with van der Waals surface area (Å²) >= 11 is 1.11. The Morgan fingerprint density at radius 2 is 1.84 bits per heavy atom. The first-order valence-corrected chi connectivity index (χ1v) is 11.9. The number of hydrogen-bond acceptors (Lipinski definition) is 6. The van der Waals surface area contributed by atoms with E-state index in [-0.39, 0.29) is 22.7 Å². The number of carbonyl (C=O) groups is 1. The summed E-state index contributed by atoms with van der Waals surface area (Å²) in [6, 6.07) is 3.02. The summed E-state index contributed by atoms with van der Waals surface area (Å²) in [5, 5.41) is 1.67. The van der Waals surface area contributed by atoms with E-state index >= 15 is 0 Å². The van der Waals surface area contributed by atoms with E-state index in [1.54, 1.807) is 23.4 Å². The van der Waals surface area contributed by atoms with Gasteiger partial charge in [-0.05, 0) is 24.3 Å². The van der Waals surface area contributed by atoms with Crippen LogP contribution in [0.3, 0.4) is 0 Å². The Morgan fingerprint density at radius 1 is 1.24 bits per heavy atom. The fraction of sp³-hybridized carbons (Fsp3) is 0.643. The minimum Gasteiger partial charge on any atom is -0.341 e. The van der Waals surface area contributed by atoms with Gasteiger partial charge in [0.25, 0.3) is 10.0 Å². The first kappa shape index (κ1) is 20.3. The Morgan fingerprint density at radius 3 is 2.32 bits per heavy atom. The lowest BCUT2D eigenvalue weighted by atomic mass is 10.1. The number of hydrogen-bond donors (Lipinski definition) is 0. The van der Waals surface area contributed by atoms with Crippen molar-refractivity contribution in [1.29, 1.82) is 0 Å². The predicted molar refractivity (Wildman–Crippen MR) is 96.3 cm³/mol. The summed E-state index contributed by atoms with van der Waals surface area (Å²) in [5.41, 5.74) is 0. The minimum atomic E-state index is -3.66. The second-order valence-corrected chi connectivity index (χ2v) is 11.3. The van der Waals surface area contributed by atoms with Gasteiger partial charge in [0, 0.05) is 33.2 Å². The Bertz CT molecular complexity index is 797. The number of rotatable bonds is 6. The van der Waals surface area contributed by atoms with Gasteiger partial charge in [0.15, 0.2) is 0 Å². The van der Waals surface area contributed by atoms with E-state index in [1.165, 1.54) is 17.4 Å². The van der Waals surface area contributed by atoms with E-state index < -0.39 is 20.0 Å². The highest BCUT2D eigenvalue weighted by Gasteiger charge is 2.31. The Balaban J connectivity index is 1.93. The zero-order chi connectivity index (χ0) is 18.8. The fourth-order valence-corrected chi connectivity index (χ4v) is 5.76. The van der Waals surface area contributed by atoms with Crippen LogP contribution in [0.25, 0.3) is 0 Å². The highest BCUT2D eigenvalue weighted by Crippen LogP contribution is 2.21. The molecule has 1 aliphatic heterocycles. The molecule has 0 radical (unpaired) electrons. The van der Waals surface area contributed by atoms with Crippen LogP contribution in [0.1, 0.15) is 12.8 Å². The molecular formula is C14H23N3O5S3. The largest absolute Gasteiger partial charge is 0.341 e. The molecule has 11 heteroatoms. The molecule has 0 atom stereocenters. The molecule has 1 aromatic rings. The molecule has 1 amide bonds. The maximum Gasteiger partial charge on any atom is 0.252 e. The van der Waals surface area contributed by atoms with Crippen molar-refractivity contribution in [3.8, 4) is 0 Å². The summed E-state index contributed by atoms with van der Waals surface area (Å²) in [7, 11) is -3.99. The van der Waals surface area contributed by atoms with Crippen molar-refractivity contribution >= 4 is 37.3 Å². The van der Waals surface area contributed by atoms with Crippen molar-refractivity contribution in [3.63, 3.8) is 0 Å². The second kappa shape index (κ2) is 7.70. The second-order valence-electron chi connectivity index (χ2n) is 6.08. The van der Waals surface area contributed by atoms with Gasteiger partial charge in [-0.25, -0.2) is 21.1 Å². The lowest BCUT2D eigenvalue weighted by Crippen LogP contribution is -2.49. The predicted octanol–water partition coefficient (Wildman–Crippen LogP) is 0.251. The number of thiophene rings is 1. The number of sulfonamides is 2. The molecule has 0 N–H and O–H groups in total. The fourth-order valence-electron chi connectivity index (χ4n) is 2.69. The third-order valence-electron chi connectivity index (χ3n) is 4.37. The molecule has 0 saturated carbocycles. The van der Waals surface area contributed by atoms with Gasteiger partial charge >= 0.3 is 0 Å². The van der Waals surface area contributed by atoms with Crippen LogP contribution in [-0.4, -0.2) is 82.3 Å². The molecular weight excluding hydrogens is 386 g/mol. The van der Waals surface area contributed by atoms with Crippen molar-refractivity contribution in [2.24, 2.45) is 0 Å². The first-order valence-electron chi connectivity index (χ1n) is 7.74. The summed E-state index contributed by atoms with van der Waals surface area (Å²) in [6.45, 7) is 0.597. The van der Waals surface area contributed by atoms with Crippen LogP contribution < -0.4 is 0 Å². The molecule has 0 bridgehead atoms. The molecule has 0 aromatic carbocycles. The van der Waals surface area contributed by atoms with Gasteiger partial charge in [-0.3, -0.25) is 4.79 Å². The lowest BCUT2D eigenvalue weighted by molar-refractivity contribution is -0.132. The van der Waals surface area contributed by atoms with Crippen LogP contribution in [-0.2, 0) is 24.8 Å². The topological polar surface area (TPSA) is 95.1 Å². The van der Waals surface area contributed by atoms with E-state index in [0.717, 1.165) is 21.9 Å². The summed E-state index contributed by atoms with van der Waals surface area (Å²) < 4.78 is 50.5. The average Bonchev–Trinajstić information content (AvgIpc) is 3.08. The van der Waals surface area contributed by atoms with Crippen molar-refractivity contribution in [3.05, 3.63) is 17.5 Å². The van der Waals surface area contributed by atoms with Crippen molar-refractivity contribution in [1.82, 2.24) is 13.5 Å². The minimum absolute atomic E-state index is 0.133. The average molecular weight is 410 g/mol. The van der Waals surface area contributed by atoms with Crippen LogP contribution in [0.2, 0.25) is 0 Å². The summed E-state index contributed by atoms with van der Waals surface area (Å²) in [5.74, 6) is -0.275. The van der Waals surface area contributed by atoms with Crippen LogP contribution in [0.4, 0.5) is 0 Å². The SMILES string of the molecule is CN(C1CCN(C(=O)CN(C)S(=O)(=O)c2cccs2)CC1)S(C)(=O)=O. The van der Waals surface area contributed by atoms with Crippen molar-refractivity contribution in [2.45, 2.75) is 23.1 Å². The number of piperidine rings is 1. The van der Waals surface area contributed by atoms with Crippen LogP contribution in [0.15, 0.2) is 21.7 Å². The summed E-state index contributed by atoms with van der Waals surface area (Å²) in [6.07, 6.45) is 2.24. The molecule has 0 spiro atoms. The number of carbonyl (C=O) groups excluding carboxylic acids is 1. The number of likely N-dealkylation sites (N-methyl/N-ethyl adjacent to an activating group) is 1. The highest BCUT2D eigenvalue weighted by atomic mass is 32.2. The zero-order valence-electron chi connectivity index (χ0n) is 14.5. The van der Waals surface area contributed by atoms with Gasteiger partial charge in [-0.2, -0.15) is 4.31 Å². The van der Waals surface area contributed by atoms with E-state index in [0.29, 0.717) is 25.9 Å².